The molecule has 1 fully saturated rings. The van der Waals surface area contributed by atoms with Gasteiger partial charge in [0.25, 0.3) is 0 Å². The summed E-state index contributed by atoms with van der Waals surface area (Å²) in [6.45, 7) is 5.60. The molecule has 0 aromatic carbocycles. The van der Waals surface area contributed by atoms with E-state index in [1.165, 1.54) is 49.8 Å². The summed E-state index contributed by atoms with van der Waals surface area (Å²) in [4.78, 5) is 0. The van der Waals surface area contributed by atoms with Crippen LogP contribution >= 0.6 is 0 Å². The summed E-state index contributed by atoms with van der Waals surface area (Å²) in [5.74, 6) is 0. The molecule has 0 aromatic rings. The van der Waals surface area contributed by atoms with Crippen molar-refractivity contribution in [3.05, 3.63) is 11.3 Å². The smallest absolute Gasteiger partial charge is 0.103 e. The molecule has 0 saturated heterocycles. The molecule has 1 aliphatic carbocycles. The summed E-state index contributed by atoms with van der Waals surface area (Å²) in [5, 5.41) is 12.0. The lowest BCUT2D eigenvalue weighted by molar-refractivity contribution is 0.0662. The maximum atomic E-state index is 8.74. The lowest BCUT2D eigenvalue weighted by Crippen LogP contribution is -2.30. The van der Waals surface area contributed by atoms with Gasteiger partial charge in [-0.05, 0) is 37.7 Å². The van der Waals surface area contributed by atoms with Gasteiger partial charge in [0.2, 0.25) is 0 Å². The fraction of sp³-hybridized carbons (Fsp3) is 0.812. The van der Waals surface area contributed by atoms with Gasteiger partial charge in [0, 0.05) is 12.3 Å². The van der Waals surface area contributed by atoms with Gasteiger partial charge in [-0.3, -0.25) is 0 Å². The van der Waals surface area contributed by atoms with Crippen LogP contribution in [0.2, 0.25) is 0 Å². The molecule has 0 radical (unpaired) electrons. The van der Waals surface area contributed by atoms with Gasteiger partial charge in [-0.15, -0.1) is 0 Å². The van der Waals surface area contributed by atoms with Crippen LogP contribution in [0, 0.1) is 11.3 Å². The highest BCUT2D eigenvalue weighted by Crippen LogP contribution is 2.30. The second kappa shape index (κ2) is 9.86. The molecule has 0 bridgehead atoms. The van der Waals surface area contributed by atoms with Gasteiger partial charge in [-0.2, -0.15) is 5.26 Å². The van der Waals surface area contributed by atoms with Gasteiger partial charge in [0.05, 0.1) is 12.2 Å². The van der Waals surface area contributed by atoms with E-state index in [9.17, 15) is 0 Å². The Morgan fingerprint density at radius 1 is 1.32 bits per heavy atom. The summed E-state index contributed by atoms with van der Waals surface area (Å²) in [6.07, 6.45) is 9.70. The van der Waals surface area contributed by atoms with E-state index >= 15 is 0 Å². The third-order valence-corrected chi connectivity index (χ3v) is 3.71. The van der Waals surface area contributed by atoms with Gasteiger partial charge in [-0.25, -0.2) is 0 Å². The van der Waals surface area contributed by atoms with E-state index < -0.39 is 0 Å². The van der Waals surface area contributed by atoms with Crippen molar-refractivity contribution in [3.63, 3.8) is 0 Å². The van der Waals surface area contributed by atoms with Gasteiger partial charge in [0.1, 0.15) is 6.54 Å². The first-order valence-corrected chi connectivity index (χ1v) is 7.77. The van der Waals surface area contributed by atoms with Gasteiger partial charge >= 0.3 is 0 Å². The zero-order chi connectivity index (χ0) is 13.9. The van der Waals surface area contributed by atoms with Crippen molar-refractivity contribution in [2.45, 2.75) is 71.3 Å². The van der Waals surface area contributed by atoms with Crippen molar-refractivity contribution in [2.24, 2.45) is 0 Å². The van der Waals surface area contributed by atoms with Crippen LogP contribution in [0.3, 0.4) is 0 Å². The molecule has 0 aliphatic heterocycles. The topological polar surface area (TPSA) is 45.0 Å². The number of rotatable bonds is 10. The normalized spacial score (nSPS) is 15.5. The third-order valence-electron chi connectivity index (χ3n) is 3.71. The minimum Gasteiger partial charge on any atom is -0.374 e. The van der Waals surface area contributed by atoms with Crippen LogP contribution < -0.4 is 5.32 Å². The summed E-state index contributed by atoms with van der Waals surface area (Å²) in [7, 11) is 0. The van der Waals surface area contributed by atoms with Crippen LogP contribution in [0.4, 0.5) is 0 Å². The van der Waals surface area contributed by atoms with E-state index in [1.807, 2.05) is 0 Å². The Morgan fingerprint density at radius 2 is 2.11 bits per heavy atom. The van der Waals surface area contributed by atoms with Crippen LogP contribution in [0.25, 0.3) is 0 Å². The molecule has 0 spiro atoms. The maximum absolute atomic E-state index is 8.74. The predicted octanol–water partition coefficient (Wildman–Crippen LogP) is 3.91. The molecule has 1 rings (SSSR count). The van der Waals surface area contributed by atoms with E-state index in [1.54, 1.807) is 0 Å². The summed E-state index contributed by atoms with van der Waals surface area (Å²) < 4.78 is 6.02. The maximum Gasteiger partial charge on any atom is 0.103 e. The summed E-state index contributed by atoms with van der Waals surface area (Å²) in [6, 6.07) is 2.16. The van der Waals surface area contributed by atoms with Gasteiger partial charge in [0.15, 0.2) is 0 Å². The number of nitrogens with one attached hydrogen (secondary N) is 1. The van der Waals surface area contributed by atoms with E-state index in [4.69, 9.17) is 10.00 Å². The molecule has 1 N–H and O–H groups in total. The van der Waals surface area contributed by atoms with Crippen molar-refractivity contribution in [2.75, 3.05) is 13.2 Å². The first-order chi connectivity index (χ1) is 9.33. The van der Waals surface area contributed by atoms with E-state index in [0.717, 1.165) is 19.4 Å². The Bertz CT molecular complexity index is 311. The average Bonchev–Trinajstić information content (AvgIpc) is 2.37. The lowest BCUT2D eigenvalue weighted by atomic mass is 9.88. The number of ether oxygens (including phenoxy) is 1. The monoisotopic (exact) mass is 264 g/mol. The number of allylic oxidation sites excluding steroid dienone is 1. The molecule has 0 aromatic heterocycles. The highest BCUT2D eigenvalue weighted by molar-refractivity contribution is 5.22. The van der Waals surface area contributed by atoms with E-state index in [-0.39, 0.29) is 6.10 Å². The fourth-order valence-corrected chi connectivity index (χ4v) is 2.38. The minimum atomic E-state index is 0.158. The first kappa shape index (κ1) is 16.0. The van der Waals surface area contributed by atoms with Crippen molar-refractivity contribution in [1.82, 2.24) is 5.32 Å². The summed E-state index contributed by atoms with van der Waals surface area (Å²) >= 11 is 0. The Labute approximate surface area is 118 Å². The van der Waals surface area contributed by atoms with Crippen molar-refractivity contribution in [1.29, 1.82) is 5.26 Å². The number of hydrogen-bond donors (Lipinski definition) is 1. The Hall–Kier alpha value is -1.01. The molecule has 1 saturated carbocycles. The van der Waals surface area contributed by atoms with Crippen molar-refractivity contribution >= 4 is 0 Å². The zero-order valence-corrected chi connectivity index (χ0v) is 12.5. The van der Waals surface area contributed by atoms with Gasteiger partial charge in [-0.1, -0.05) is 33.1 Å². The minimum absolute atomic E-state index is 0.158. The highest BCUT2D eigenvalue weighted by Gasteiger charge is 2.21. The number of nitrogens with zero attached hydrogens (tertiary/aromatic N) is 1. The lowest BCUT2D eigenvalue weighted by Gasteiger charge is -2.28. The first-order valence-electron chi connectivity index (χ1n) is 7.77. The van der Waals surface area contributed by atoms with Crippen molar-refractivity contribution < 1.29 is 4.74 Å². The molecule has 0 heterocycles. The van der Waals surface area contributed by atoms with Crippen LogP contribution in [0.15, 0.2) is 11.3 Å². The molecule has 1 aliphatic rings. The molecular weight excluding hydrogens is 236 g/mol. The molecule has 3 nitrogen and oxygen atoms in total. The largest absolute Gasteiger partial charge is 0.374 e. The quantitative estimate of drug-likeness (QED) is 0.480. The van der Waals surface area contributed by atoms with E-state index in [2.05, 4.69) is 25.2 Å². The van der Waals surface area contributed by atoms with Gasteiger partial charge < -0.3 is 10.1 Å². The SMILES string of the molecule is CCCCCCO[C@@H](CC)C(NCC#N)=C1CCC1. The summed E-state index contributed by atoms with van der Waals surface area (Å²) in [5.41, 5.74) is 2.67. The molecule has 0 unspecified atom stereocenters. The molecule has 108 valence electrons. The van der Waals surface area contributed by atoms with Crippen molar-refractivity contribution in [3.8, 4) is 6.07 Å². The molecule has 1 atom stereocenters. The number of nitriles is 1. The molecule has 3 heteroatoms. The van der Waals surface area contributed by atoms with Crippen LogP contribution in [-0.2, 0) is 4.74 Å². The average molecular weight is 264 g/mol. The predicted molar refractivity (Wildman–Crippen MR) is 78.7 cm³/mol. The Kier molecular flexibility index (Phi) is 8.33. The highest BCUT2D eigenvalue weighted by atomic mass is 16.5. The Balaban J connectivity index is 2.42. The van der Waals surface area contributed by atoms with Crippen LogP contribution in [0.1, 0.15) is 65.2 Å². The van der Waals surface area contributed by atoms with E-state index in [0.29, 0.717) is 6.54 Å². The Morgan fingerprint density at radius 3 is 2.63 bits per heavy atom. The number of hydrogen-bond acceptors (Lipinski definition) is 3. The molecular formula is C16H28N2O. The molecule has 19 heavy (non-hydrogen) atoms. The molecule has 0 amide bonds. The second-order valence-corrected chi connectivity index (χ2v) is 5.21. The fourth-order valence-electron chi connectivity index (χ4n) is 2.38. The van der Waals surface area contributed by atoms with Crippen LogP contribution in [0.5, 0.6) is 0 Å². The number of unbranched alkanes of at least 4 members (excludes halogenated alkanes) is 3. The third kappa shape index (κ3) is 5.65. The second-order valence-electron chi connectivity index (χ2n) is 5.21. The zero-order valence-electron chi connectivity index (χ0n) is 12.5. The standard InChI is InChI=1S/C16H28N2O/c1-3-5-6-7-13-19-15(4-2)16(18-12-11-17)14-9-8-10-14/h15,18H,3-10,12-13H2,1-2H3/t15-/m0/s1. The van der Waals surface area contributed by atoms with Crippen LogP contribution in [-0.4, -0.2) is 19.3 Å².